The van der Waals surface area contributed by atoms with Crippen LogP contribution in [0.4, 0.5) is 13.2 Å². The molecule has 0 bridgehead atoms. The fraction of sp³-hybridized carbons (Fsp3) is 0.429. The lowest BCUT2D eigenvalue weighted by Crippen LogP contribution is -2.08. The zero-order valence-corrected chi connectivity index (χ0v) is 9.23. The molecular formula is C7H6ClF3N2O2S. The quantitative estimate of drug-likeness (QED) is 0.915. The van der Waals surface area contributed by atoms with Gasteiger partial charge in [-0.25, -0.2) is 0 Å². The monoisotopic (exact) mass is 274 g/mol. The lowest BCUT2D eigenvalue weighted by molar-refractivity contribution is -0.141. The van der Waals surface area contributed by atoms with Crippen LogP contribution >= 0.6 is 23.4 Å². The molecule has 1 aromatic heterocycles. The number of hydrogen-bond donors (Lipinski definition) is 1. The number of carboxylic acids is 1. The fourth-order valence-corrected chi connectivity index (χ4v) is 1.72. The molecular weight excluding hydrogens is 269 g/mol. The number of aromatic nitrogens is 2. The van der Waals surface area contributed by atoms with Gasteiger partial charge >= 0.3 is 12.1 Å². The molecule has 0 amide bonds. The number of nitrogens with zero attached hydrogens (tertiary/aromatic N) is 2. The summed E-state index contributed by atoms with van der Waals surface area (Å²) in [5, 5.41) is 11.1. The number of halogens is 4. The standard InChI is InChI=1S/C7H6ClF3N2O2S/c8-4-1-13(3-16-2-5(14)15)12-6(4)7(9,10)11/h1H,2-3H2,(H,14,15). The van der Waals surface area contributed by atoms with Crippen molar-refractivity contribution in [3.05, 3.63) is 16.9 Å². The average Bonchev–Trinajstić information content (AvgIpc) is 2.45. The maximum absolute atomic E-state index is 12.3. The van der Waals surface area contributed by atoms with E-state index in [0.29, 0.717) is 0 Å². The molecule has 0 saturated carbocycles. The molecule has 4 nitrogen and oxygen atoms in total. The van der Waals surface area contributed by atoms with Gasteiger partial charge in [0.05, 0.1) is 16.7 Å². The second-order valence-electron chi connectivity index (χ2n) is 2.73. The van der Waals surface area contributed by atoms with Crippen LogP contribution in [0.15, 0.2) is 6.20 Å². The number of hydrogen-bond acceptors (Lipinski definition) is 3. The largest absolute Gasteiger partial charge is 0.481 e. The van der Waals surface area contributed by atoms with Crippen molar-refractivity contribution in [1.29, 1.82) is 0 Å². The Bertz CT molecular complexity index is 393. The second-order valence-corrected chi connectivity index (χ2v) is 4.10. The van der Waals surface area contributed by atoms with Crippen LogP contribution in [0.2, 0.25) is 5.02 Å². The van der Waals surface area contributed by atoms with Crippen LogP contribution in [-0.2, 0) is 16.8 Å². The number of alkyl halides is 3. The Morgan fingerprint density at radius 1 is 1.62 bits per heavy atom. The highest BCUT2D eigenvalue weighted by molar-refractivity contribution is 7.98. The van der Waals surface area contributed by atoms with Gasteiger partial charge in [0.25, 0.3) is 0 Å². The smallest absolute Gasteiger partial charge is 0.436 e. The lowest BCUT2D eigenvalue weighted by atomic mass is 10.4. The van der Waals surface area contributed by atoms with Crippen LogP contribution in [0.3, 0.4) is 0 Å². The van der Waals surface area contributed by atoms with E-state index in [2.05, 4.69) is 5.10 Å². The Hall–Kier alpha value is -0.890. The molecule has 16 heavy (non-hydrogen) atoms. The molecule has 0 saturated heterocycles. The number of aliphatic carboxylic acids is 1. The lowest BCUT2D eigenvalue weighted by Gasteiger charge is -2.02. The first-order valence-corrected chi connectivity index (χ1v) is 5.43. The minimum Gasteiger partial charge on any atom is -0.481 e. The molecule has 0 radical (unpaired) electrons. The molecule has 0 aliphatic heterocycles. The Balaban J connectivity index is 2.67. The molecule has 0 atom stereocenters. The molecule has 0 aromatic carbocycles. The number of rotatable bonds is 4. The van der Waals surface area contributed by atoms with Crippen LogP contribution in [-0.4, -0.2) is 26.6 Å². The summed E-state index contributed by atoms with van der Waals surface area (Å²) in [7, 11) is 0. The topological polar surface area (TPSA) is 55.1 Å². The number of carboxylic acid groups (broad SMARTS) is 1. The summed E-state index contributed by atoms with van der Waals surface area (Å²) in [6, 6.07) is 0. The van der Waals surface area contributed by atoms with E-state index in [4.69, 9.17) is 16.7 Å². The summed E-state index contributed by atoms with van der Waals surface area (Å²) in [5.41, 5.74) is -1.16. The predicted octanol–water partition coefficient (Wildman–Crippen LogP) is 2.33. The van der Waals surface area contributed by atoms with Crippen LogP contribution < -0.4 is 0 Å². The second kappa shape index (κ2) is 4.96. The summed E-state index contributed by atoms with van der Waals surface area (Å²) < 4.78 is 37.7. The van der Waals surface area contributed by atoms with Gasteiger partial charge in [-0.3, -0.25) is 9.48 Å². The zero-order chi connectivity index (χ0) is 12.3. The summed E-state index contributed by atoms with van der Waals surface area (Å²) in [4.78, 5) is 10.2. The van der Waals surface area contributed by atoms with E-state index >= 15 is 0 Å². The van der Waals surface area contributed by atoms with Crippen molar-refractivity contribution < 1.29 is 23.1 Å². The number of thioether (sulfide) groups is 1. The normalized spacial score (nSPS) is 11.8. The van der Waals surface area contributed by atoms with Crippen LogP contribution in [0, 0.1) is 0 Å². The zero-order valence-electron chi connectivity index (χ0n) is 7.66. The summed E-state index contributed by atoms with van der Waals surface area (Å²) in [5.74, 6) is -1.25. The summed E-state index contributed by atoms with van der Waals surface area (Å²) in [6.45, 7) is 0. The van der Waals surface area contributed by atoms with Gasteiger partial charge in [0, 0.05) is 6.20 Å². The number of carbonyl (C=O) groups is 1. The first-order chi connectivity index (χ1) is 7.30. The predicted molar refractivity (Wildman–Crippen MR) is 52.3 cm³/mol. The Kier molecular flexibility index (Phi) is 4.09. The molecule has 9 heteroatoms. The molecule has 1 N–H and O–H groups in total. The molecule has 1 heterocycles. The van der Waals surface area contributed by atoms with Crippen molar-refractivity contribution in [2.24, 2.45) is 0 Å². The van der Waals surface area contributed by atoms with E-state index in [9.17, 15) is 18.0 Å². The highest BCUT2D eigenvalue weighted by atomic mass is 35.5. The highest BCUT2D eigenvalue weighted by Gasteiger charge is 2.36. The van der Waals surface area contributed by atoms with Crippen molar-refractivity contribution in [2.45, 2.75) is 12.1 Å². The molecule has 0 aliphatic carbocycles. The fourth-order valence-electron chi connectivity index (χ4n) is 0.882. The van der Waals surface area contributed by atoms with Gasteiger partial charge in [0.1, 0.15) is 0 Å². The first-order valence-electron chi connectivity index (χ1n) is 3.90. The SMILES string of the molecule is O=C(O)CSCn1cc(Cl)c(C(F)(F)F)n1. The van der Waals surface area contributed by atoms with Crippen LogP contribution in [0.1, 0.15) is 5.69 Å². The van der Waals surface area contributed by atoms with Crippen LogP contribution in [0.5, 0.6) is 0 Å². The molecule has 0 aliphatic rings. The van der Waals surface area contributed by atoms with Crippen molar-refractivity contribution >= 4 is 29.3 Å². The van der Waals surface area contributed by atoms with Gasteiger partial charge in [0.2, 0.25) is 0 Å². The first kappa shape index (κ1) is 13.2. The maximum Gasteiger partial charge on any atom is 0.436 e. The van der Waals surface area contributed by atoms with E-state index in [0.717, 1.165) is 22.6 Å². The van der Waals surface area contributed by atoms with Crippen molar-refractivity contribution in [2.75, 3.05) is 5.75 Å². The Labute approximate surface area is 97.4 Å². The van der Waals surface area contributed by atoms with E-state index in [1.54, 1.807) is 0 Å². The average molecular weight is 275 g/mol. The molecule has 0 unspecified atom stereocenters. The molecule has 1 rings (SSSR count). The minimum absolute atomic E-state index is 0.00208. The highest BCUT2D eigenvalue weighted by Crippen LogP contribution is 2.33. The minimum atomic E-state index is -4.60. The van der Waals surface area contributed by atoms with Gasteiger partial charge in [-0.05, 0) is 0 Å². The van der Waals surface area contributed by atoms with E-state index in [1.807, 2.05) is 0 Å². The molecule has 1 aromatic rings. The van der Waals surface area contributed by atoms with Gasteiger partial charge in [-0.1, -0.05) is 11.6 Å². The Morgan fingerprint density at radius 2 is 2.25 bits per heavy atom. The van der Waals surface area contributed by atoms with Gasteiger partial charge < -0.3 is 5.11 Å². The van der Waals surface area contributed by atoms with Crippen LogP contribution in [0.25, 0.3) is 0 Å². The molecule has 0 spiro atoms. The third-order valence-electron chi connectivity index (χ3n) is 1.43. The molecule has 90 valence electrons. The van der Waals surface area contributed by atoms with E-state index < -0.39 is 22.9 Å². The third-order valence-corrected chi connectivity index (χ3v) is 2.61. The van der Waals surface area contributed by atoms with E-state index in [-0.39, 0.29) is 11.6 Å². The van der Waals surface area contributed by atoms with Crippen molar-refractivity contribution in [1.82, 2.24) is 9.78 Å². The molecule has 0 fully saturated rings. The van der Waals surface area contributed by atoms with Crippen molar-refractivity contribution in [3.8, 4) is 0 Å². The van der Waals surface area contributed by atoms with Gasteiger partial charge in [0.15, 0.2) is 5.69 Å². The van der Waals surface area contributed by atoms with Gasteiger partial charge in [-0.15, -0.1) is 11.8 Å². The summed E-state index contributed by atoms with van der Waals surface area (Å²) >= 11 is 6.26. The van der Waals surface area contributed by atoms with E-state index in [1.165, 1.54) is 0 Å². The Morgan fingerprint density at radius 3 is 2.69 bits per heavy atom. The summed E-state index contributed by atoms with van der Waals surface area (Å²) in [6.07, 6.45) is -3.58. The van der Waals surface area contributed by atoms with Gasteiger partial charge in [-0.2, -0.15) is 18.3 Å². The maximum atomic E-state index is 12.3. The van der Waals surface area contributed by atoms with Crippen molar-refractivity contribution in [3.63, 3.8) is 0 Å². The third kappa shape index (κ3) is 3.60.